The van der Waals surface area contributed by atoms with E-state index < -0.39 is 0 Å². The summed E-state index contributed by atoms with van der Waals surface area (Å²) in [7, 11) is 4.03. The Balaban J connectivity index is 2.79. The van der Waals surface area contributed by atoms with Crippen molar-refractivity contribution in [3.8, 4) is 11.8 Å². The highest BCUT2D eigenvalue weighted by Gasteiger charge is 2.18. The van der Waals surface area contributed by atoms with E-state index >= 15 is 0 Å². The van der Waals surface area contributed by atoms with Crippen molar-refractivity contribution >= 4 is 17.2 Å². The summed E-state index contributed by atoms with van der Waals surface area (Å²) in [5.74, 6) is 6.25. The van der Waals surface area contributed by atoms with Crippen LogP contribution in [0, 0.1) is 17.8 Å². The molecule has 0 radical (unpaired) electrons. The molecule has 0 aliphatic carbocycles. The van der Waals surface area contributed by atoms with Gasteiger partial charge in [0.05, 0.1) is 6.54 Å². The molecule has 0 saturated carbocycles. The molecule has 1 amide bonds. The van der Waals surface area contributed by atoms with Gasteiger partial charge in [-0.05, 0) is 37.9 Å². The summed E-state index contributed by atoms with van der Waals surface area (Å²) in [5, 5.41) is 5.02. The molecule has 1 aromatic rings. The van der Waals surface area contributed by atoms with Gasteiger partial charge in [-0.15, -0.1) is 11.3 Å². The molecule has 1 unspecified atom stereocenters. The smallest absolute Gasteiger partial charge is 0.262 e. The largest absolute Gasteiger partial charge is 0.347 e. The molecule has 0 aromatic carbocycles. The Bertz CT molecular complexity index is 501. The van der Waals surface area contributed by atoms with E-state index in [-0.39, 0.29) is 11.9 Å². The molecule has 0 aliphatic rings. The van der Waals surface area contributed by atoms with Gasteiger partial charge >= 0.3 is 0 Å². The highest BCUT2D eigenvalue weighted by atomic mass is 32.1. The van der Waals surface area contributed by atoms with E-state index in [2.05, 4.69) is 35.9 Å². The molecular formula is C16H25N3OS. The van der Waals surface area contributed by atoms with E-state index in [4.69, 9.17) is 5.73 Å². The Labute approximate surface area is 131 Å². The summed E-state index contributed by atoms with van der Waals surface area (Å²) in [6, 6.07) is 2.01. The lowest BCUT2D eigenvalue weighted by Gasteiger charge is -2.23. The number of nitrogens with one attached hydrogen (secondary N) is 1. The summed E-state index contributed by atoms with van der Waals surface area (Å²) in [6.07, 6.45) is 0.957. The van der Waals surface area contributed by atoms with Crippen LogP contribution >= 0.6 is 11.3 Å². The third-order valence-corrected chi connectivity index (χ3v) is 3.79. The van der Waals surface area contributed by atoms with Crippen molar-refractivity contribution < 1.29 is 4.79 Å². The first-order chi connectivity index (χ1) is 9.93. The van der Waals surface area contributed by atoms with Crippen LogP contribution in [0.4, 0.5) is 0 Å². The number of hydrogen-bond donors (Lipinski definition) is 2. The lowest BCUT2D eigenvalue weighted by Crippen LogP contribution is -2.42. The Morgan fingerprint density at radius 3 is 2.76 bits per heavy atom. The number of nitrogens with two attached hydrogens (primary N) is 1. The van der Waals surface area contributed by atoms with Gasteiger partial charge in [0.1, 0.15) is 4.88 Å². The van der Waals surface area contributed by atoms with Gasteiger partial charge in [-0.25, -0.2) is 0 Å². The highest BCUT2D eigenvalue weighted by Crippen LogP contribution is 2.16. The first-order valence-electron chi connectivity index (χ1n) is 7.16. The zero-order valence-corrected chi connectivity index (χ0v) is 14.1. The first-order valence-corrected chi connectivity index (χ1v) is 8.04. The topological polar surface area (TPSA) is 58.4 Å². The van der Waals surface area contributed by atoms with Crippen molar-refractivity contribution in [2.45, 2.75) is 26.3 Å². The van der Waals surface area contributed by atoms with Gasteiger partial charge < -0.3 is 16.0 Å². The minimum atomic E-state index is -0.0428. The van der Waals surface area contributed by atoms with Crippen LogP contribution in [-0.4, -0.2) is 44.0 Å². The quantitative estimate of drug-likeness (QED) is 0.788. The normalized spacial score (nSPS) is 12.1. The van der Waals surface area contributed by atoms with Crippen molar-refractivity contribution in [2.75, 3.05) is 27.2 Å². The second-order valence-corrected chi connectivity index (χ2v) is 6.65. The van der Waals surface area contributed by atoms with Gasteiger partial charge in [0.2, 0.25) is 0 Å². The molecule has 21 heavy (non-hydrogen) atoms. The standard InChI is InChI=1S/C16H25N3OS/c1-12(2)10-14(11-19(3)4)18-16(20)15-13(6-5-8-17)7-9-21-15/h7,9,12,14H,8,10-11,17H2,1-4H3,(H,18,20). The van der Waals surface area contributed by atoms with Crippen LogP contribution in [0.2, 0.25) is 0 Å². The average Bonchev–Trinajstić information content (AvgIpc) is 2.82. The van der Waals surface area contributed by atoms with Crippen LogP contribution < -0.4 is 11.1 Å². The maximum atomic E-state index is 12.4. The van der Waals surface area contributed by atoms with E-state index in [9.17, 15) is 4.79 Å². The zero-order chi connectivity index (χ0) is 15.8. The fraction of sp³-hybridized carbons (Fsp3) is 0.562. The maximum absolute atomic E-state index is 12.4. The van der Waals surface area contributed by atoms with Crippen molar-refractivity contribution in [3.63, 3.8) is 0 Å². The molecule has 0 bridgehead atoms. The van der Waals surface area contributed by atoms with E-state index in [1.807, 2.05) is 25.5 Å². The summed E-state index contributed by atoms with van der Waals surface area (Å²) in [5.41, 5.74) is 6.15. The van der Waals surface area contributed by atoms with Gasteiger partial charge in [0.25, 0.3) is 5.91 Å². The molecule has 116 valence electrons. The second-order valence-electron chi connectivity index (χ2n) is 5.73. The van der Waals surface area contributed by atoms with Gasteiger partial charge in [-0.2, -0.15) is 0 Å². The second kappa shape index (κ2) is 8.83. The molecule has 0 saturated heterocycles. The van der Waals surface area contributed by atoms with E-state index in [0.717, 1.165) is 18.5 Å². The van der Waals surface area contributed by atoms with Crippen LogP contribution in [0.15, 0.2) is 11.4 Å². The van der Waals surface area contributed by atoms with Gasteiger partial charge in [0, 0.05) is 18.2 Å². The molecule has 5 heteroatoms. The SMILES string of the molecule is CC(C)CC(CN(C)C)NC(=O)c1sccc1C#CCN. The van der Waals surface area contributed by atoms with Crippen LogP contribution in [0.5, 0.6) is 0 Å². The molecule has 0 fully saturated rings. The van der Waals surface area contributed by atoms with Crippen molar-refractivity contribution in [1.82, 2.24) is 10.2 Å². The van der Waals surface area contributed by atoms with Crippen molar-refractivity contribution in [1.29, 1.82) is 0 Å². The molecule has 1 atom stereocenters. The number of nitrogens with zero attached hydrogens (tertiary/aromatic N) is 1. The molecule has 1 heterocycles. The molecular weight excluding hydrogens is 282 g/mol. The number of carbonyl (C=O) groups is 1. The number of rotatable bonds is 6. The number of amides is 1. The van der Waals surface area contributed by atoms with E-state index in [1.165, 1.54) is 11.3 Å². The van der Waals surface area contributed by atoms with Crippen LogP contribution in [0.25, 0.3) is 0 Å². The molecule has 3 N–H and O–H groups in total. The Morgan fingerprint density at radius 1 is 1.48 bits per heavy atom. The minimum Gasteiger partial charge on any atom is -0.347 e. The Kier molecular flexibility index (Phi) is 7.44. The monoisotopic (exact) mass is 307 g/mol. The molecule has 0 aliphatic heterocycles. The maximum Gasteiger partial charge on any atom is 0.262 e. The van der Waals surface area contributed by atoms with E-state index in [0.29, 0.717) is 17.3 Å². The third-order valence-electron chi connectivity index (χ3n) is 2.87. The summed E-state index contributed by atoms with van der Waals surface area (Å²) >= 11 is 1.42. The minimum absolute atomic E-state index is 0.0428. The first kappa shape index (κ1) is 17.7. The predicted octanol–water partition coefficient (Wildman–Crippen LogP) is 1.76. The number of likely N-dealkylation sites (N-methyl/N-ethyl adjacent to an activating group) is 1. The van der Waals surface area contributed by atoms with E-state index in [1.54, 1.807) is 0 Å². The van der Waals surface area contributed by atoms with Crippen LogP contribution in [-0.2, 0) is 0 Å². The summed E-state index contributed by atoms with van der Waals surface area (Å²) < 4.78 is 0. The van der Waals surface area contributed by atoms with Gasteiger partial charge in [-0.3, -0.25) is 4.79 Å². The summed E-state index contributed by atoms with van der Waals surface area (Å²) in [6.45, 7) is 5.46. The number of carbonyl (C=O) groups excluding carboxylic acids is 1. The Hall–Kier alpha value is -1.35. The molecule has 0 spiro atoms. The average molecular weight is 307 g/mol. The predicted molar refractivity (Wildman–Crippen MR) is 89.5 cm³/mol. The van der Waals surface area contributed by atoms with Gasteiger partial charge in [-0.1, -0.05) is 25.7 Å². The number of hydrogen-bond acceptors (Lipinski definition) is 4. The lowest BCUT2D eigenvalue weighted by atomic mass is 10.0. The van der Waals surface area contributed by atoms with Crippen LogP contribution in [0.3, 0.4) is 0 Å². The fourth-order valence-corrected chi connectivity index (χ4v) is 2.92. The lowest BCUT2D eigenvalue weighted by molar-refractivity contribution is 0.0928. The zero-order valence-electron chi connectivity index (χ0n) is 13.3. The molecule has 1 rings (SSSR count). The number of thiophene rings is 1. The molecule has 4 nitrogen and oxygen atoms in total. The summed E-state index contributed by atoms with van der Waals surface area (Å²) in [4.78, 5) is 15.2. The van der Waals surface area contributed by atoms with Crippen LogP contribution in [0.1, 0.15) is 35.5 Å². The van der Waals surface area contributed by atoms with Crippen molar-refractivity contribution in [3.05, 3.63) is 21.9 Å². The Morgan fingerprint density at radius 2 is 2.19 bits per heavy atom. The third kappa shape index (κ3) is 6.30. The fourth-order valence-electron chi connectivity index (χ4n) is 2.17. The molecule has 1 aromatic heterocycles. The van der Waals surface area contributed by atoms with Crippen molar-refractivity contribution in [2.24, 2.45) is 11.7 Å². The highest BCUT2D eigenvalue weighted by molar-refractivity contribution is 7.12. The van der Waals surface area contributed by atoms with Gasteiger partial charge in [0.15, 0.2) is 0 Å².